The van der Waals surface area contributed by atoms with E-state index in [1.807, 2.05) is 13.0 Å². The van der Waals surface area contributed by atoms with Crippen LogP contribution in [-0.4, -0.2) is 30.9 Å². The van der Waals surface area contributed by atoms with Gasteiger partial charge in [0.15, 0.2) is 5.16 Å². The molecule has 0 aromatic heterocycles. The Bertz CT molecular complexity index is 743. The minimum Gasteiger partial charge on any atom is -0.465 e. The van der Waals surface area contributed by atoms with Gasteiger partial charge in [-0.15, -0.1) is 12.3 Å². The van der Waals surface area contributed by atoms with Crippen molar-refractivity contribution >= 4 is 13.6 Å². The van der Waals surface area contributed by atoms with E-state index in [0.717, 1.165) is 31.3 Å². The van der Waals surface area contributed by atoms with Gasteiger partial charge in [0.2, 0.25) is 0 Å². The molecule has 182 valence electrons. The highest BCUT2D eigenvalue weighted by molar-refractivity contribution is 7.56. The Hall–Kier alpha value is -1.60. The maximum absolute atomic E-state index is 13.7. The number of allylic oxidation sites excluding steroid dienone is 6. The van der Waals surface area contributed by atoms with Gasteiger partial charge in [-0.05, 0) is 80.6 Å². The second-order valence-electron chi connectivity index (χ2n) is 8.13. The minimum atomic E-state index is -3.86. The molecule has 0 saturated carbocycles. The Labute approximate surface area is 196 Å². The van der Waals surface area contributed by atoms with Crippen molar-refractivity contribution in [3.05, 3.63) is 34.9 Å². The summed E-state index contributed by atoms with van der Waals surface area (Å²) in [6.07, 6.45) is 15.9. The first-order chi connectivity index (χ1) is 15.1. The first-order valence-corrected chi connectivity index (χ1v) is 13.1. The van der Waals surface area contributed by atoms with Gasteiger partial charge in [0.05, 0.1) is 19.8 Å². The molecule has 0 aliphatic heterocycles. The van der Waals surface area contributed by atoms with E-state index in [9.17, 15) is 9.36 Å². The molecular formula is C26H43O5P. The molecule has 1 unspecified atom stereocenters. The lowest BCUT2D eigenvalue weighted by atomic mass is 9.97. The molecule has 6 heteroatoms. The Morgan fingerprint density at radius 1 is 0.906 bits per heavy atom. The van der Waals surface area contributed by atoms with Gasteiger partial charge in [-0.1, -0.05) is 34.9 Å². The van der Waals surface area contributed by atoms with Crippen LogP contribution in [-0.2, 0) is 23.1 Å². The number of terminal acetylenes is 1. The van der Waals surface area contributed by atoms with E-state index < -0.39 is 18.7 Å². The molecule has 0 aromatic rings. The van der Waals surface area contributed by atoms with Gasteiger partial charge in [0.1, 0.15) is 0 Å². The zero-order chi connectivity index (χ0) is 24.6. The normalized spacial score (nSPS) is 14.4. The molecule has 0 spiro atoms. The molecule has 0 N–H and O–H groups in total. The van der Waals surface area contributed by atoms with Gasteiger partial charge in [-0.3, -0.25) is 9.36 Å². The Balaban J connectivity index is 5.61. The summed E-state index contributed by atoms with van der Waals surface area (Å²) >= 11 is 0. The monoisotopic (exact) mass is 466 g/mol. The summed E-state index contributed by atoms with van der Waals surface area (Å²) in [7, 11) is -3.86. The summed E-state index contributed by atoms with van der Waals surface area (Å²) in [5, 5.41) is -1.55. The van der Waals surface area contributed by atoms with Crippen LogP contribution in [0.15, 0.2) is 34.9 Å². The summed E-state index contributed by atoms with van der Waals surface area (Å²) in [4.78, 5) is 13.0. The van der Waals surface area contributed by atoms with Crippen LogP contribution in [0.5, 0.6) is 0 Å². The van der Waals surface area contributed by atoms with Crippen molar-refractivity contribution in [1.29, 1.82) is 0 Å². The zero-order valence-corrected chi connectivity index (χ0v) is 22.1. The first kappa shape index (κ1) is 30.4. The van der Waals surface area contributed by atoms with Crippen LogP contribution in [0, 0.1) is 12.3 Å². The summed E-state index contributed by atoms with van der Waals surface area (Å²) in [5.41, 5.74) is 3.79. The predicted octanol–water partition coefficient (Wildman–Crippen LogP) is 7.39. The van der Waals surface area contributed by atoms with Gasteiger partial charge in [-0.2, -0.15) is 0 Å². The maximum Gasteiger partial charge on any atom is 0.349 e. The van der Waals surface area contributed by atoms with Crippen LogP contribution in [0.25, 0.3) is 0 Å². The smallest absolute Gasteiger partial charge is 0.349 e. The second-order valence-corrected chi connectivity index (χ2v) is 10.5. The molecule has 0 radical (unpaired) electrons. The lowest BCUT2D eigenvalue weighted by Crippen LogP contribution is -2.41. The third kappa shape index (κ3) is 9.90. The van der Waals surface area contributed by atoms with Crippen LogP contribution < -0.4 is 0 Å². The maximum atomic E-state index is 13.7. The molecule has 0 bridgehead atoms. The van der Waals surface area contributed by atoms with E-state index in [0.29, 0.717) is 0 Å². The van der Waals surface area contributed by atoms with Gasteiger partial charge in [0.25, 0.3) is 0 Å². The molecule has 0 rings (SSSR count). The van der Waals surface area contributed by atoms with Crippen molar-refractivity contribution in [3.63, 3.8) is 0 Å². The van der Waals surface area contributed by atoms with E-state index in [2.05, 4.69) is 38.8 Å². The second kappa shape index (κ2) is 16.1. The van der Waals surface area contributed by atoms with Crippen molar-refractivity contribution < 1.29 is 23.1 Å². The summed E-state index contributed by atoms with van der Waals surface area (Å²) < 4.78 is 30.1. The standard InChI is InChI=1S/C26H43O5P/c1-9-20-26(25(27)29-10-2,32(28,30-11-3)31-12-4)21-19-24(8)18-14-17-23(7)16-13-15-22(5)6/h1,15,17,19H,10-14,16,18,20-21H2,2-8H3/b23-17+,24-19+. The quantitative estimate of drug-likeness (QED) is 0.103. The Kier molecular flexibility index (Phi) is 15.3. The van der Waals surface area contributed by atoms with Crippen LogP contribution in [0.2, 0.25) is 0 Å². The largest absolute Gasteiger partial charge is 0.465 e. The fourth-order valence-electron chi connectivity index (χ4n) is 3.29. The Morgan fingerprint density at radius 3 is 1.91 bits per heavy atom. The molecule has 0 fully saturated rings. The number of rotatable bonds is 16. The number of carbonyl (C=O) groups is 1. The minimum absolute atomic E-state index is 0.0870. The van der Waals surface area contributed by atoms with E-state index in [1.54, 1.807) is 20.8 Å². The lowest BCUT2D eigenvalue weighted by molar-refractivity contribution is -0.147. The SMILES string of the molecule is C#CCC(C/C=C(\C)CC/C=C(\C)CCC=C(C)C)(C(=O)OCC)P(=O)(OCC)OCC. The number of ether oxygens (including phenoxy) is 1. The topological polar surface area (TPSA) is 61.8 Å². The van der Waals surface area contributed by atoms with Crippen molar-refractivity contribution in [2.75, 3.05) is 19.8 Å². The molecule has 32 heavy (non-hydrogen) atoms. The van der Waals surface area contributed by atoms with Gasteiger partial charge in [-0.25, -0.2) is 0 Å². The average Bonchev–Trinajstić information content (AvgIpc) is 2.71. The number of carbonyl (C=O) groups excluding carboxylic acids is 1. The molecule has 0 heterocycles. The Morgan fingerprint density at radius 2 is 1.44 bits per heavy atom. The van der Waals surface area contributed by atoms with Crippen molar-refractivity contribution in [3.8, 4) is 12.3 Å². The molecule has 0 aliphatic carbocycles. The van der Waals surface area contributed by atoms with Crippen LogP contribution in [0.4, 0.5) is 0 Å². The number of hydrogen-bond acceptors (Lipinski definition) is 5. The van der Waals surface area contributed by atoms with Crippen molar-refractivity contribution in [2.45, 2.75) is 92.1 Å². The molecule has 0 saturated heterocycles. The summed E-state index contributed by atoms with van der Waals surface area (Å²) in [6.45, 7) is 13.9. The fourth-order valence-corrected chi connectivity index (χ4v) is 5.43. The number of hydrogen-bond donors (Lipinski definition) is 0. The van der Waals surface area contributed by atoms with Crippen LogP contribution >= 0.6 is 7.60 Å². The van der Waals surface area contributed by atoms with E-state index in [4.69, 9.17) is 20.2 Å². The van der Waals surface area contributed by atoms with Gasteiger partial charge in [0, 0.05) is 6.42 Å². The van der Waals surface area contributed by atoms with Gasteiger partial charge >= 0.3 is 13.6 Å². The molecule has 0 aliphatic rings. The molecule has 0 aromatic carbocycles. The fraction of sp³-hybridized carbons (Fsp3) is 0.654. The zero-order valence-electron chi connectivity index (χ0n) is 21.2. The summed E-state index contributed by atoms with van der Waals surface area (Å²) in [6, 6.07) is 0. The third-order valence-corrected chi connectivity index (χ3v) is 7.85. The average molecular weight is 467 g/mol. The van der Waals surface area contributed by atoms with Crippen molar-refractivity contribution in [2.24, 2.45) is 0 Å². The van der Waals surface area contributed by atoms with Crippen molar-refractivity contribution in [1.82, 2.24) is 0 Å². The predicted molar refractivity (Wildman–Crippen MR) is 134 cm³/mol. The highest BCUT2D eigenvalue weighted by Crippen LogP contribution is 2.63. The molecule has 0 amide bonds. The van der Waals surface area contributed by atoms with Crippen LogP contribution in [0.1, 0.15) is 87.0 Å². The highest BCUT2D eigenvalue weighted by Gasteiger charge is 2.57. The van der Waals surface area contributed by atoms with Crippen LogP contribution in [0.3, 0.4) is 0 Å². The molecule has 5 nitrogen and oxygen atoms in total. The lowest BCUT2D eigenvalue weighted by Gasteiger charge is -2.35. The van der Waals surface area contributed by atoms with E-state index >= 15 is 0 Å². The van der Waals surface area contributed by atoms with Gasteiger partial charge < -0.3 is 13.8 Å². The highest BCUT2D eigenvalue weighted by atomic mass is 31.2. The summed E-state index contributed by atoms with van der Waals surface area (Å²) in [5.74, 6) is 1.87. The van der Waals surface area contributed by atoms with E-state index in [1.165, 1.54) is 11.1 Å². The third-order valence-electron chi connectivity index (χ3n) is 5.08. The molecular weight excluding hydrogens is 423 g/mol. The van der Waals surface area contributed by atoms with E-state index in [-0.39, 0.29) is 32.7 Å². The first-order valence-electron chi connectivity index (χ1n) is 11.6. The molecule has 1 atom stereocenters. The number of esters is 1.